The molecule has 15 heavy (non-hydrogen) atoms. The Morgan fingerprint density at radius 3 is 2.87 bits per heavy atom. The summed E-state index contributed by atoms with van der Waals surface area (Å²) in [5.74, 6) is 0.922. The van der Waals surface area contributed by atoms with Crippen molar-refractivity contribution >= 4 is 28.2 Å². The molecule has 0 radical (unpaired) electrons. The van der Waals surface area contributed by atoms with Crippen LogP contribution in [-0.2, 0) is 0 Å². The SMILES string of the molecule is OCCCSc1nnc(N2CCCC2)s1. The Labute approximate surface area is 97.7 Å². The maximum absolute atomic E-state index is 8.67. The molecule has 6 heteroatoms. The quantitative estimate of drug-likeness (QED) is 0.631. The maximum Gasteiger partial charge on any atom is 0.209 e. The third-order valence-electron chi connectivity index (χ3n) is 2.30. The number of aliphatic hydroxyl groups is 1. The topological polar surface area (TPSA) is 49.3 Å². The van der Waals surface area contributed by atoms with Gasteiger partial charge in [0.05, 0.1) is 0 Å². The predicted molar refractivity (Wildman–Crippen MR) is 63.8 cm³/mol. The molecule has 2 heterocycles. The summed E-state index contributed by atoms with van der Waals surface area (Å²) < 4.78 is 1.02. The lowest BCUT2D eigenvalue weighted by atomic mass is 10.4. The largest absolute Gasteiger partial charge is 0.396 e. The Balaban J connectivity index is 1.86. The summed E-state index contributed by atoms with van der Waals surface area (Å²) in [4.78, 5) is 2.30. The Hall–Kier alpha value is -0.330. The number of anilines is 1. The number of thioether (sulfide) groups is 1. The van der Waals surface area contributed by atoms with Crippen LogP contribution in [0.15, 0.2) is 4.34 Å². The maximum atomic E-state index is 8.67. The molecule has 1 aromatic rings. The minimum atomic E-state index is 0.255. The number of nitrogens with zero attached hydrogens (tertiary/aromatic N) is 3. The zero-order valence-electron chi connectivity index (χ0n) is 8.56. The van der Waals surface area contributed by atoms with Crippen LogP contribution in [0.2, 0.25) is 0 Å². The van der Waals surface area contributed by atoms with E-state index in [2.05, 4.69) is 15.1 Å². The molecule has 1 aromatic heterocycles. The second-order valence-electron chi connectivity index (χ2n) is 3.47. The summed E-state index contributed by atoms with van der Waals surface area (Å²) in [5, 5.41) is 18.1. The molecular weight excluding hydrogens is 230 g/mol. The highest BCUT2D eigenvalue weighted by Gasteiger charge is 2.16. The Morgan fingerprint density at radius 2 is 2.13 bits per heavy atom. The van der Waals surface area contributed by atoms with Crippen LogP contribution in [0.25, 0.3) is 0 Å². The minimum Gasteiger partial charge on any atom is -0.396 e. The van der Waals surface area contributed by atoms with E-state index in [0.29, 0.717) is 0 Å². The van der Waals surface area contributed by atoms with Crippen molar-refractivity contribution in [2.45, 2.75) is 23.6 Å². The van der Waals surface area contributed by atoms with Crippen LogP contribution in [0.4, 0.5) is 5.13 Å². The fourth-order valence-electron chi connectivity index (χ4n) is 1.52. The molecule has 2 rings (SSSR count). The highest BCUT2D eigenvalue weighted by Crippen LogP contribution is 2.29. The van der Waals surface area contributed by atoms with E-state index in [9.17, 15) is 0 Å². The van der Waals surface area contributed by atoms with Gasteiger partial charge in [-0.05, 0) is 19.3 Å². The molecule has 1 N–H and O–H groups in total. The normalized spacial score (nSPS) is 16.2. The lowest BCUT2D eigenvalue weighted by molar-refractivity contribution is 0.296. The summed E-state index contributed by atoms with van der Waals surface area (Å²) in [5.41, 5.74) is 0. The molecule has 84 valence electrons. The van der Waals surface area contributed by atoms with Gasteiger partial charge in [-0.1, -0.05) is 23.1 Å². The summed E-state index contributed by atoms with van der Waals surface area (Å²) in [6, 6.07) is 0. The Morgan fingerprint density at radius 1 is 1.33 bits per heavy atom. The van der Waals surface area contributed by atoms with E-state index < -0.39 is 0 Å². The van der Waals surface area contributed by atoms with Crippen LogP contribution >= 0.6 is 23.1 Å². The average molecular weight is 245 g/mol. The van der Waals surface area contributed by atoms with E-state index in [-0.39, 0.29) is 6.61 Å². The number of aliphatic hydroxyl groups excluding tert-OH is 1. The van der Waals surface area contributed by atoms with Crippen LogP contribution in [0, 0.1) is 0 Å². The van der Waals surface area contributed by atoms with Gasteiger partial charge in [0, 0.05) is 25.4 Å². The summed E-state index contributed by atoms with van der Waals surface area (Å²) in [6.07, 6.45) is 3.36. The van der Waals surface area contributed by atoms with Crippen LogP contribution in [0.5, 0.6) is 0 Å². The molecule has 1 fully saturated rings. The number of hydrogen-bond acceptors (Lipinski definition) is 6. The van der Waals surface area contributed by atoms with Crippen LogP contribution < -0.4 is 4.90 Å². The first-order valence-corrected chi connectivity index (χ1v) is 7.02. The van der Waals surface area contributed by atoms with E-state index in [1.807, 2.05) is 0 Å². The Kier molecular flexibility index (Phi) is 4.22. The molecule has 0 atom stereocenters. The average Bonchev–Trinajstić information content (AvgIpc) is 2.87. The molecular formula is C9H15N3OS2. The molecule has 0 aromatic carbocycles. The van der Waals surface area contributed by atoms with E-state index in [1.165, 1.54) is 12.8 Å². The number of aromatic nitrogens is 2. The molecule has 0 amide bonds. The Bertz CT molecular complexity index is 299. The second-order valence-corrected chi connectivity index (χ2v) is 5.77. The van der Waals surface area contributed by atoms with Gasteiger partial charge in [0.2, 0.25) is 5.13 Å². The lowest BCUT2D eigenvalue weighted by Gasteiger charge is -2.10. The van der Waals surface area contributed by atoms with Gasteiger partial charge < -0.3 is 10.0 Å². The minimum absolute atomic E-state index is 0.255. The lowest BCUT2D eigenvalue weighted by Crippen LogP contribution is -2.17. The highest BCUT2D eigenvalue weighted by atomic mass is 32.2. The van der Waals surface area contributed by atoms with Gasteiger partial charge in [-0.25, -0.2) is 0 Å². The van der Waals surface area contributed by atoms with Gasteiger partial charge in [0.15, 0.2) is 4.34 Å². The van der Waals surface area contributed by atoms with Gasteiger partial charge in [-0.3, -0.25) is 0 Å². The summed E-state index contributed by atoms with van der Waals surface area (Å²) in [6.45, 7) is 2.50. The van der Waals surface area contributed by atoms with E-state index >= 15 is 0 Å². The third-order valence-corrected chi connectivity index (χ3v) is 4.50. The predicted octanol–water partition coefficient (Wildman–Crippen LogP) is 1.61. The molecule has 0 bridgehead atoms. The monoisotopic (exact) mass is 245 g/mol. The van der Waals surface area contributed by atoms with Crippen LogP contribution in [-0.4, -0.2) is 40.8 Å². The molecule has 0 spiro atoms. The van der Waals surface area contributed by atoms with Gasteiger partial charge in [-0.15, -0.1) is 10.2 Å². The third kappa shape index (κ3) is 3.06. The van der Waals surface area contributed by atoms with Crippen molar-refractivity contribution in [1.82, 2.24) is 10.2 Å². The summed E-state index contributed by atoms with van der Waals surface area (Å²) >= 11 is 3.35. The van der Waals surface area contributed by atoms with Crippen LogP contribution in [0.1, 0.15) is 19.3 Å². The standard InChI is InChI=1S/C9H15N3OS2/c13-6-3-7-14-9-11-10-8(15-9)12-4-1-2-5-12/h13H,1-7H2. The number of hydrogen-bond donors (Lipinski definition) is 1. The van der Waals surface area contributed by atoms with Gasteiger partial charge >= 0.3 is 0 Å². The van der Waals surface area contributed by atoms with Crippen molar-refractivity contribution in [2.75, 3.05) is 30.3 Å². The smallest absolute Gasteiger partial charge is 0.209 e. The van der Waals surface area contributed by atoms with Gasteiger partial charge in [-0.2, -0.15) is 0 Å². The van der Waals surface area contributed by atoms with E-state index in [1.54, 1.807) is 23.1 Å². The van der Waals surface area contributed by atoms with E-state index in [4.69, 9.17) is 5.11 Å². The molecule has 4 nitrogen and oxygen atoms in total. The second kappa shape index (κ2) is 5.67. The molecule has 0 saturated carbocycles. The zero-order valence-corrected chi connectivity index (χ0v) is 10.2. The first-order valence-electron chi connectivity index (χ1n) is 5.22. The van der Waals surface area contributed by atoms with Crippen molar-refractivity contribution in [1.29, 1.82) is 0 Å². The van der Waals surface area contributed by atoms with Gasteiger partial charge in [0.1, 0.15) is 0 Å². The van der Waals surface area contributed by atoms with Crippen LogP contribution in [0.3, 0.4) is 0 Å². The zero-order chi connectivity index (χ0) is 10.5. The first kappa shape index (κ1) is 11.2. The molecule has 0 unspecified atom stereocenters. The number of rotatable bonds is 5. The first-order chi connectivity index (χ1) is 7.40. The van der Waals surface area contributed by atoms with Crippen molar-refractivity contribution in [3.63, 3.8) is 0 Å². The highest BCUT2D eigenvalue weighted by molar-refractivity contribution is 8.01. The summed E-state index contributed by atoms with van der Waals surface area (Å²) in [7, 11) is 0. The fraction of sp³-hybridized carbons (Fsp3) is 0.778. The molecule has 1 aliphatic heterocycles. The van der Waals surface area contributed by atoms with Crippen molar-refractivity contribution in [2.24, 2.45) is 0 Å². The fourth-order valence-corrected chi connectivity index (χ4v) is 3.41. The molecule has 1 aliphatic rings. The van der Waals surface area contributed by atoms with Gasteiger partial charge in [0.25, 0.3) is 0 Å². The molecule has 1 saturated heterocycles. The van der Waals surface area contributed by atoms with Crippen molar-refractivity contribution in [3.8, 4) is 0 Å². The van der Waals surface area contributed by atoms with Crippen molar-refractivity contribution < 1.29 is 5.11 Å². The van der Waals surface area contributed by atoms with Crippen molar-refractivity contribution in [3.05, 3.63) is 0 Å². The molecule has 0 aliphatic carbocycles. The van der Waals surface area contributed by atoms with E-state index in [0.717, 1.165) is 34.7 Å².